The number of hydrogen-bond donors (Lipinski definition) is 2. The number of rotatable bonds is 3. The monoisotopic (exact) mass is 318 g/mol. The largest absolute Gasteiger partial charge is 0.490 e. The fraction of sp³-hybridized carbons (Fsp3) is 0.375. The lowest BCUT2D eigenvalue weighted by Crippen LogP contribution is -2.31. The van der Waals surface area contributed by atoms with Gasteiger partial charge in [0, 0.05) is 6.04 Å². The van der Waals surface area contributed by atoms with E-state index in [4.69, 9.17) is 10.5 Å². The van der Waals surface area contributed by atoms with Gasteiger partial charge in [0.05, 0.1) is 11.0 Å². The number of nitrogens with two attached hydrogens (primary N) is 1. The summed E-state index contributed by atoms with van der Waals surface area (Å²) in [7, 11) is 0. The summed E-state index contributed by atoms with van der Waals surface area (Å²) >= 11 is 0.920. The predicted molar refractivity (Wildman–Crippen MR) is 86.4 cm³/mol. The molecule has 0 atom stereocenters. The van der Waals surface area contributed by atoms with Gasteiger partial charge >= 0.3 is 0 Å². The summed E-state index contributed by atoms with van der Waals surface area (Å²) in [5.74, 6) is 0.482. The Kier molecular flexibility index (Phi) is 4.49. The zero-order valence-electron chi connectivity index (χ0n) is 12.1. The van der Waals surface area contributed by atoms with E-state index in [-0.39, 0.29) is 17.3 Å². The summed E-state index contributed by atoms with van der Waals surface area (Å²) in [6, 6.07) is 7.85. The summed E-state index contributed by atoms with van der Waals surface area (Å²) in [6.45, 7) is 0. The van der Waals surface area contributed by atoms with Crippen molar-refractivity contribution in [1.29, 1.82) is 0 Å². The fourth-order valence-corrected chi connectivity index (χ4v) is 3.30. The molecule has 22 heavy (non-hydrogen) atoms. The van der Waals surface area contributed by atoms with E-state index in [9.17, 15) is 9.59 Å². The second-order valence-electron chi connectivity index (χ2n) is 5.58. The molecule has 5 nitrogen and oxygen atoms in total. The lowest BCUT2D eigenvalue weighted by atomic mass is 9.94. The first kappa shape index (κ1) is 15.1. The zero-order chi connectivity index (χ0) is 15.5. The SMILES string of the molecule is NC1CCC(Oc2ccc(/C=C3\SC(=O)NC3=O)cc2)CC1. The van der Waals surface area contributed by atoms with Gasteiger partial charge in [0.15, 0.2) is 0 Å². The summed E-state index contributed by atoms with van der Waals surface area (Å²) < 4.78 is 5.95. The molecule has 0 aromatic heterocycles. The third-order valence-corrected chi connectivity index (χ3v) is 4.65. The number of thioether (sulfide) groups is 1. The van der Waals surface area contributed by atoms with Gasteiger partial charge in [0.25, 0.3) is 11.1 Å². The standard InChI is InChI=1S/C16H18N2O3S/c17-11-3-7-13(8-4-11)21-12-5-1-10(2-6-12)9-14-15(19)18-16(20)22-14/h1-2,5-6,9,11,13H,3-4,7-8,17H2,(H,18,19,20)/b14-9-. The molecule has 0 radical (unpaired) electrons. The van der Waals surface area contributed by atoms with Gasteiger partial charge in [-0.3, -0.25) is 14.9 Å². The quantitative estimate of drug-likeness (QED) is 0.837. The van der Waals surface area contributed by atoms with Crippen LogP contribution in [-0.4, -0.2) is 23.3 Å². The van der Waals surface area contributed by atoms with Crippen molar-refractivity contribution in [3.63, 3.8) is 0 Å². The minimum absolute atomic E-state index is 0.234. The normalized spacial score (nSPS) is 27.0. The van der Waals surface area contributed by atoms with Crippen LogP contribution < -0.4 is 15.8 Å². The molecule has 6 heteroatoms. The molecule has 3 N–H and O–H groups in total. The van der Waals surface area contributed by atoms with Crippen LogP contribution in [0.3, 0.4) is 0 Å². The predicted octanol–water partition coefficient (Wildman–Crippen LogP) is 2.66. The average molecular weight is 318 g/mol. The molecule has 3 rings (SSSR count). The molecule has 2 fully saturated rings. The van der Waals surface area contributed by atoms with Gasteiger partial charge in [-0.25, -0.2) is 0 Å². The van der Waals surface area contributed by atoms with Crippen molar-refractivity contribution in [2.75, 3.05) is 0 Å². The number of nitrogens with one attached hydrogen (secondary N) is 1. The average Bonchev–Trinajstić information content (AvgIpc) is 2.81. The van der Waals surface area contributed by atoms with Crippen LogP contribution in [0.4, 0.5) is 4.79 Å². The highest BCUT2D eigenvalue weighted by Crippen LogP contribution is 2.27. The summed E-state index contributed by atoms with van der Waals surface area (Å²) in [5, 5.41) is 1.91. The van der Waals surface area contributed by atoms with E-state index in [1.165, 1.54) is 0 Å². The number of hydrogen-bond acceptors (Lipinski definition) is 5. The van der Waals surface area contributed by atoms with Crippen LogP contribution in [-0.2, 0) is 4.79 Å². The topological polar surface area (TPSA) is 81.4 Å². The molecule has 2 aliphatic rings. The Morgan fingerprint density at radius 2 is 1.82 bits per heavy atom. The van der Waals surface area contributed by atoms with Gasteiger partial charge in [-0.1, -0.05) is 12.1 Å². The number of carbonyl (C=O) groups excluding carboxylic acids is 2. The number of imide groups is 1. The van der Waals surface area contributed by atoms with Crippen molar-refractivity contribution in [3.8, 4) is 5.75 Å². The van der Waals surface area contributed by atoms with Gasteiger partial charge in [-0.15, -0.1) is 0 Å². The Morgan fingerprint density at radius 3 is 2.41 bits per heavy atom. The maximum absolute atomic E-state index is 11.5. The van der Waals surface area contributed by atoms with Crippen LogP contribution in [0.25, 0.3) is 6.08 Å². The van der Waals surface area contributed by atoms with E-state index in [0.717, 1.165) is 48.8 Å². The first-order valence-electron chi connectivity index (χ1n) is 7.37. The summed E-state index contributed by atoms with van der Waals surface area (Å²) in [6.07, 6.45) is 5.94. The Hall–Kier alpha value is -1.79. The highest BCUT2D eigenvalue weighted by molar-refractivity contribution is 8.18. The Balaban J connectivity index is 1.62. The lowest BCUT2D eigenvalue weighted by Gasteiger charge is -2.26. The van der Waals surface area contributed by atoms with Crippen LogP contribution in [0.2, 0.25) is 0 Å². The molecule has 116 valence electrons. The van der Waals surface area contributed by atoms with E-state index < -0.39 is 0 Å². The Morgan fingerprint density at radius 1 is 1.14 bits per heavy atom. The van der Waals surface area contributed by atoms with Crippen molar-refractivity contribution in [1.82, 2.24) is 5.32 Å². The molecular weight excluding hydrogens is 300 g/mol. The lowest BCUT2D eigenvalue weighted by molar-refractivity contribution is -0.115. The second kappa shape index (κ2) is 6.54. The number of benzene rings is 1. The van der Waals surface area contributed by atoms with Crippen molar-refractivity contribution in [2.24, 2.45) is 5.73 Å². The van der Waals surface area contributed by atoms with Crippen LogP contribution in [0.5, 0.6) is 5.75 Å². The van der Waals surface area contributed by atoms with Crippen molar-refractivity contribution >= 4 is 29.0 Å². The smallest absolute Gasteiger partial charge is 0.290 e. The molecule has 1 aromatic carbocycles. The first-order valence-corrected chi connectivity index (χ1v) is 8.19. The molecule has 1 aliphatic heterocycles. The molecular formula is C16H18N2O3S. The minimum Gasteiger partial charge on any atom is -0.490 e. The number of ether oxygens (including phenoxy) is 1. The van der Waals surface area contributed by atoms with Crippen LogP contribution >= 0.6 is 11.8 Å². The molecule has 0 unspecified atom stereocenters. The van der Waals surface area contributed by atoms with E-state index in [1.54, 1.807) is 6.08 Å². The van der Waals surface area contributed by atoms with Gasteiger partial charge in [0.2, 0.25) is 0 Å². The highest BCUT2D eigenvalue weighted by Gasteiger charge is 2.25. The van der Waals surface area contributed by atoms with Crippen molar-refractivity contribution in [3.05, 3.63) is 34.7 Å². The molecule has 0 bridgehead atoms. The Labute approximate surface area is 133 Å². The van der Waals surface area contributed by atoms with Gasteiger partial charge in [-0.05, 0) is 61.2 Å². The second-order valence-corrected chi connectivity index (χ2v) is 6.59. The molecule has 1 aromatic rings. The van der Waals surface area contributed by atoms with Crippen molar-refractivity contribution in [2.45, 2.75) is 37.8 Å². The third kappa shape index (κ3) is 3.69. The summed E-state index contributed by atoms with van der Waals surface area (Å²) in [4.78, 5) is 23.0. The number of amides is 2. The minimum atomic E-state index is -0.339. The van der Waals surface area contributed by atoms with Gasteiger partial charge < -0.3 is 10.5 Å². The first-order chi connectivity index (χ1) is 10.6. The van der Waals surface area contributed by atoms with Crippen LogP contribution in [0.1, 0.15) is 31.2 Å². The van der Waals surface area contributed by atoms with Gasteiger partial charge in [-0.2, -0.15) is 0 Å². The number of carbonyl (C=O) groups is 2. The molecule has 1 saturated heterocycles. The van der Waals surface area contributed by atoms with E-state index in [2.05, 4.69) is 5.32 Å². The fourth-order valence-electron chi connectivity index (χ4n) is 2.61. The highest BCUT2D eigenvalue weighted by atomic mass is 32.2. The molecule has 1 aliphatic carbocycles. The molecule has 1 heterocycles. The van der Waals surface area contributed by atoms with E-state index in [0.29, 0.717) is 10.9 Å². The molecule has 1 saturated carbocycles. The zero-order valence-corrected chi connectivity index (χ0v) is 12.9. The van der Waals surface area contributed by atoms with Crippen LogP contribution in [0.15, 0.2) is 29.2 Å². The van der Waals surface area contributed by atoms with E-state index in [1.807, 2.05) is 24.3 Å². The third-order valence-electron chi connectivity index (χ3n) is 3.84. The molecule has 0 spiro atoms. The van der Waals surface area contributed by atoms with E-state index >= 15 is 0 Å². The maximum Gasteiger partial charge on any atom is 0.290 e. The van der Waals surface area contributed by atoms with Gasteiger partial charge in [0.1, 0.15) is 5.75 Å². The summed E-state index contributed by atoms with van der Waals surface area (Å²) in [5.41, 5.74) is 6.75. The molecule has 2 amide bonds. The maximum atomic E-state index is 11.5. The Bertz CT molecular complexity index is 604. The van der Waals surface area contributed by atoms with Crippen molar-refractivity contribution < 1.29 is 14.3 Å². The van der Waals surface area contributed by atoms with Crippen LogP contribution in [0, 0.1) is 0 Å².